The van der Waals surface area contributed by atoms with Crippen molar-refractivity contribution in [2.24, 2.45) is 0 Å². The maximum absolute atomic E-state index is 12.5. The van der Waals surface area contributed by atoms with Crippen LogP contribution in [0.1, 0.15) is 31.7 Å². The molecule has 2 N–H and O–H groups in total. The van der Waals surface area contributed by atoms with Crippen LogP contribution in [-0.4, -0.2) is 44.7 Å². The van der Waals surface area contributed by atoms with E-state index in [9.17, 15) is 14.4 Å². The molecule has 1 fully saturated rings. The van der Waals surface area contributed by atoms with Crippen molar-refractivity contribution in [1.82, 2.24) is 10.2 Å². The highest BCUT2D eigenvalue weighted by Gasteiger charge is 2.32. The quantitative estimate of drug-likeness (QED) is 0.473. The standard InChI is InChI=1S/C20H22N2O4S2/c1-2-7-15(19(25)26)21-17(23)12-13-22-18(24)16(28-20(22)27)11-6-10-14-8-4-3-5-9-14/h3-6,8-11,15H,2,7,12-13H2,1H3,(H,21,23)(H,25,26)/b10-6+,16-11+. The Hall–Kier alpha value is -2.45. The van der Waals surface area contributed by atoms with Gasteiger partial charge in [-0.25, -0.2) is 4.79 Å². The van der Waals surface area contributed by atoms with Crippen LogP contribution in [0, 0.1) is 0 Å². The summed E-state index contributed by atoms with van der Waals surface area (Å²) in [7, 11) is 0. The zero-order valence-corrected chi connectivity index (χ0v) is 17.1. The van der Waals surface area contributed by atoms with Crippen molar-refractivity contribution in [3.63, 3.8) is 0 Å². The molecule has 1 heterocycles. The molecule has 2 amide bonds. The number of rotatable bonds is 9. The SMILES string of the molecule is CCCC(NC(=O)CCN1C(=O)/C(=C\C=C\c2ccccc2)SC1=S)C(=O)O. The van der Waals surface area contributed by atoms with Crippen LogP contribution >= 0.6 is 24.0 Å². The number of allylic oxidation sites excluding steroid dienone is 2. The number of nitrogens with one attached hydrogen (secondary N) is 1. The molecule has 0 radical (unpaired) electrons. The van der Waals surface area contributed by atoms with Gasteiger partial charge in [0.2, 0.25) is 5.91 Å². The Morgan fingerprint density at radius 3 is 2.68 bits per heavy atom. The molecule has 148 valence electrons. The summed E-state index contributed by atoms with van der Waals surface area (Å²) in [6, 6.07) is 8.79. The van der Waals surface area contributed by atoms with Gasteiger partial charge < -0.3 is 10.4 Å². The minimum Gasteiger partial charge on any atom is -0.480 e. The average molecular weight is 419 g/mol. The first-order chi connectivity index (χ1) is 13.4. The fourth-order valence-corrected chi connectivity index (χ4v) is 3.80. The molecule has 0 bridgehead atoms. The van der Waals surface area contributed by atoms with Crippen molar-refractivity contribution in [3.8, 4) is 0 Å². The molecule has 1 aromatic carbocycles. The molecule has 0 aliphatic carbocycles. The van der Waals surface area contributed by atoms with Crippen LogP contribution < -0.4 is 5.32 Å². The summed E-state index contributed by atoms with van der Waals surface area (Å²) in [4.78, 5) is 37.5. The van der Waals surface area contributed by atoms with E-state index in [0.29, 0.717) is 22.1 Å². The van der Waals surface area contributed by atoms with Gasteiger partial charge in [0.1, 0.15) is 10.4 Å². The van der Waals surface area contributed by atoms with E-state index in [1.54, 1.807) is 12.2 Å². The Morgan fingerprint density at radius 1 is 1.32 bits per heavy atom. The zero-order chi connectivity index (χ0) is 20.5. The largest absolute Gasteiger partial charge is 0.480 e. The number of carboxylic acid groups (broad SMARTS) is 1. The Morgan fingerprint density at radius 2 is 2.04 bits per heavy atom. The third-order valence-electron chi connectivity index (χ3n) is 3.98. The van der Waals surface area contributed by atoms with Gasteiger partial charge in [0, 0.05) is 13.0 Å². The van der Waals surface area contributed by atoms with E-state index in [0.717, 1.165) is 5.56 Å². The van der Waals surface area contributed by atoms with Gasteiger partial charge in [0.25, 0.3) is 5.91 Å². The molecular formula is C20H22N2O4S2. The summed E-state index contributed by atoms with van der Waals surface area (Å²) in [6.07, 6.45) is 6.38. The molecule has 1 aliphatic heterocycles. The lowest BCUT2D eigenvalue weighted by Gasteiger charge is -2.16. The molecular weight excluding hydrogens is 396 g/mol. The van der Waals surface area contributed by atoms with Gasteiger partial charge in [0.15, 0.2) is 0 Å². The number of thioether (sulfide) groups is 1. The lowest BCUT2D eigenvalue weighted by molar-refractivity contribution is -0.142. The van der Waals surface area contributed by atoms with E-state index in [2.05, 4.69) is 5.32 Å². The van der Waals surface area contributed by atoms with Crippen LogP contribution in [-0.2, 0) is 14.4 Å². The fourth-order valence-electron chi connectivity index (χ4n) is 2.54. The molecule has 0 saturated carbocycles. The molecule has 1 atom stereocenters. The normalized spacial score (nSPS) is 16.8. The van der Waals surface area contributed by atoms with Gasteiger partial charge in [-0.3, -0.25) is 14.5 Å². The number of benzene rings is 1. The lowest BCUT2D eigenvalue weighted by Crippen LogP contribution is -2.42. The van der Waals surface area contributed by atoms with E-state index in [-0.39, 0.29) is 18.9 Å². The van der Waals surface area contributed by atoms with Gasteiger partial charge >= 0.3 is 5.97 Å². The minimum atomic E-state index is -1.06. The average Bonchev–Trinajstić information content (AvgIpc) is 2.93. The molecule has 1 saturated heterocycles. The van der Waals surface area contributed by atoms with Crippen molar-refractivity contribution in [1.29, 1.82) is 0 Å². The van der Waals surface area contributed by atoms with Crippen LogP contribution in [0.3, 0.4) is 0 Å². The molecule has 1 unspecified atom stereocenters. The second-order valence-corrected chi connectivity index (χ2v) is 7.80. The number of hydrogen-bond donors (Lipinski definition) is 2. The van der Waals surface area contributed by atoms with Crippen LogP contribution in [0.5, 0.6) is 0 Å². The topological polar surface area (TPSA) is 86.7 Å². The van der Waals surface area contributed by atoms with Crippen molar-refractivity contribution in [3.05, 3.63) is 53.0 Å². The van der Waals surface area contributed by atoms with E-state index in [1.165, 1.54) is 16.7 Å². The van der Waals surface area contributed by atoms with Crippen LogP contribution in [0.25, 0.3) is 6.08 Å². The van der Waals surface area contributed by atoms with Crippen LogP contribution in [0.2, 0.25) is 0 Å². The van der Waals surface area contributed by atoms with Gasteiger partial charge in [-0.05, 0) is 18.1 Å². The molecule has 8 heteroatoms. The predicted molar refractivity (Wildman–Crippen MR) is 115 cm³/mol. The highest BCUT2D eigenvalue weighted by atomic mass is 32.2. The maximum atomic E-state index is 12.5. The molecule has 1 aliphatic rings. The first-order valence-corrected chi connectivity index (χ1v) is 10.1. The van der Waals surface area contributed by atoms with E-state index in [4.69, 9.17) is 17.3 Å². The van der Waals surface area contributed by atoms with Crippen molar-refractivity contribution in [2.75, 3.05) is 6.54 Å². The van der Waals surface area contributed by atoms with E-state index >= 15 is 0 Å². The van der Waals surface area contributed by atoms with E-state index in [1.807, 2.05) is 43.3 Å². The number of thiocarbonyl (C=S) groups is 1. The van der Waals surface area contributed by atoms with Gasteiger partial charge in [-0.1, -0.05) is 79.8 Å². The molecule has 6 nitrogen and oxygen atoms in total. The first-order valence-electron chi connectivity index (χ1n) is 8.91. The summed E-state index contributed by atoms with van der Waals surface area (Å²) >= 11 is 6.43. The monoisotopic (exact) mass is 418 g/mol. The van der Waals surface area contributed by atoms with Crippen molar-refractivity contribution in [2.45, 2.75) is 32.2 Å². The Bertz CT molecular complexity index is 806. The number of aliphatic carboxylic acids is 1. The summed E-state index contributed by atoms with van der Waals surface area (Å²) in [5, 5.41) is 11.6. The van der Waals surface area contributed by atoms with Gasteiger partial charge in [-0.15, -0.1) is 0 Å². The zero-order valence-electron chi connectivity index (χ0n) is 15.5. The van der Waals surface area contributed by atoms with Crippen LogP contribution in [0.4, 0.5) is 0 Å². The highest BCUT2D eigenvalue weighted by Crippen LogP contribution is 2.31. The molecule has 2 rings (SSSR count). The number of carbonyl (C=O) groups excluding carboxylic acids is 2. The summed E-state index contributed by atoms with van der Waals surface area (Å²) in [5.74, 6) is -1.72. The lowest BCUT2D eigenvalue weighted by atomic mass is 10.1. The minimum absolute atomic E-state index is 0.00688. The van der Waals surface area contributed by atoms with Gasteiger partial charge in [-0.2, -0.15) is 0 Å². The molecule has 1 aromatic rings. The number of carbonyl (C=O) groups is 3. The van der Waals surface area contributed by atoms with Crippen LogP contribution in [0.15, 0.2) is 47.4 Å². The van der Waals surface area contributed by atoms with E-state index < -0.39 is 17.9 Å². The first kappa shape index (κ1) is 21.8. The Balaban J connectivity index is 1.91. The second-order valence-electron chi connectivity index (χ2n) is 6.12. The smallest absolute Gasteiger partial charge is 0.326 e. The Labute approximate surface area is 173 Å². The highest BCUT2D eigenvalue weighted by molar-refractivity contribution is 8.26. The third-order valence-corrected chi connectivity index (χ3v) is 5.38. The fraction of sp³-hybridized carbons (Fsp3) is 0.300. The summed E-state index contributed by atoms with van der Waals surface area (Å²) in [5.41, 5.74) is 1.02. The molecule has 0 aromatic heterocycles. The van der Waals surface area contributed by atoms with Crippen molar-refractivity contribution >= 4 is 52.2 Å². The number of carboxylic acids is 1. The summed E-state index contributed by atoms with van der Waals surface area (Å²) in [6.45, 7) is 1.97. The predicted octanol–water partition coefficient (Wildman–Crippen LogP) is 3.20. The van der Waals surface area contributed by atoms with Crippen molar-refractivity contribution < 1.29 is 19.5 Å². The summed E-state index contributed by atoms with van der Waals surface area (Å²) < 4.78 is 0.389. The Kier molecular flexibility index (Phi) is 8.41. The number of amides is 2. The molecule has 28 heavy (non-hydrogen) atoms. The third kappa shape index (κ3) is 6.31. The second kappa shape index (κ2) is 10.8. The maximum Gasteiger partial charge on any atom is 0.326 e. The van der Waals surface area contributed by atoms with Gasteiger partial charge in [0.05, 0.1) is 4.91 Å². The number of hydrogen-bond acceptors (Lipinski definition) is 5. The number of nitrogens with zero attached hydrogens (tertiary/aromatic N) is 1. The molecule has 0 spiro atoms.